The van der Waals surface area contributed by atoms with E-state index in [2.05, 4.69) is 31.8 Å². The number of carbonyl (C=O) groups is 1. The quantitative estimate of drug-likeness (QED) is 0.649. The van der Waals surface area contributed by atoms with Gasteiger partial charge in [-0.3, -0.25) is 4.79 Å². The summed E-state index contributed by atoms with van der Waals surface area (Å²) in [4.78, 5) is 31.7. The van der Waals surface area contributed by atoms with Crippen molar-refractivity contribution in [2.45, 2.75) is 6.54 Å². The first-order valence-corrected chi connectivity index (χ1v) is 9.82. The van der Waals surface area contributed by atoms with Crippen LogP contribution in [0.1, 0.15) is 16.1 Å². The van der Waals surface area contributed by atoms with Gasteiger partial charge in [-0.15, -0.1) is 0 Å². The molecule has 3 heterocycles. The van der Waals surface area contributed by atoms with E-state index in [0.717, 1.165) is 37.6 Å². The zero-order chi connectivity index (χ0) is 20.9. The molecule has 0 saturated carbocycles. The van der Waals surface area contributed by atoms with Gasteiger partial charge in [0.2, 0.25) is 0 Å². The largest absolute Gasteiger partial charge is 0.354 e. The first-order valence-electron chi connectivity index (χ1n) is 9.82. The zero-order valence-corrected chi connectivity index (χ0v) is 16.8. The van der Waals surface area contributed by atoms with E-state index in [1.807, 2.05) is 12.1 Å². The smallest absolute Gasteiger partial charge is 0.277 e. The molecule has 0 bridgehead atoms. The highest BCUT2D eigenvalue weighted by Gasteiger charge is 2.20. The molecule has 1 fully saturated rings. The number of amides is 1. The maximum atomic E-state index is 13.4. The van der Waals surface area contributed by atoms with Crippen LogP contribution in [0.15, 0.2) is 61.2 Å². The number of rotatable bonds is 5. The minimum Gasteiger partial charge on any atom is -0.354 e. The Bertz CT molecular complexity index is 973. The van der Waals surface area contributed by atoms with Crippen molar-refractivity contribution in [2.24, 2.45) is 0 Å². The highest BCUT2D eigenvalue weighted by atomic mass is 19.1. The number of nitrogens with zero attached hydrogens (tertiary/aromatic N) is 6. The summed E-state index contributed by atoms with van der Waals surface area (Å²) in [5.74, 6) is 0.292. The van der Waals surface area contributed by atoms with E-state index in [9.17, 15) is 9.18 Å². The van der Waals surface area contributed by atoms with E-state index < -0.39 is 0 Å². The molecule has 0 atom stereocenters. The fourth-order valence-corrected chi connectivity index (χ4v) is 3.37. The lowest BCUT2D eigenvalue weighted by Crippen LogP contribution is -2.44. The number of benzene rings is 1. The maximum absolute atomic E-state index is 13.4. The van der Waals surface area contributed by atoms with Gasteiger partial charge < -0.3 is 14.7 Å². The zero-order valence-electron chi connectivity index (χ0n) is 16.8. The van der Waals surface area contributed by atoms with Gasteiger partial charge in [0.25, 0.3) is 5.91 Å². The van der Waals surface area contributed by atoms with Crippen molar-refractivity contribution < 1.29 is 9.18 Å². The van der Waals surface area contributed by atoms with Crippen LogP contribution in [0.4, 0.5) is 15.9 Å². The van der Waals surface area contributed by atoms with Gasteiger partial charge in [0.1, 0.15) is 23.7 Å². The molecule has 1 saturated heterocycles. The normalized spacial score (nSPS) is 14.5. The monoisotopic (exact) mass is 406 g/mol. The van der Waals surface area contributed by atoms with Gasteiger partial charge in [-0.25, -0.2) is 19.3 Å². The van der Waals surface area contributed by atoms with Gasteiger partial charge in [-0.1, -0.05) is 6.07 Å². The Morgan fingerprint density at radius 1 is 1.03 bits per heavy atom. The third kappa shape index (κ3) is 4.60. The van der Waals surface area contributed by atoms with Gasteiger partial charge in [0.15, 0.2) is 0 Å². The van der Waals surface area contributed by atoms with E-state index >= 15 is 0 Å². The van der Waals surface area contributed by atoms with Gasteiger partial charge in [-0.2, -0.15) is 0 Å². The minimum absolute atomic E-state index is 0.274. The van der Waals surface area contributed by atoms with E-state index in [1.54, 1.807) is 29.3 Å². The van der Waals surface area contributed by atoms with Crippen molar-refractivity contribution >= 4 is 17.4 Å². The summed E-state index contributed by atoms with van der Waals surface area (Å²) in [5.41, 5.74) is 1.74. The number of aromatic nitrogens is 3. The van der Waals surface area contributed by atoms with Crippen LogP contribution >= 0.6 is 0 Å². The van der Waals surface area contributed by atoms with Gasteiger partial charge in [0.05, 0.1) is 6.54 Å². The second-order valence-corrected chi connectivity index (χ2v) is 7.28. The molecule has 1 aliphatic heterocycles. The topological polar surface area (TPSA) is 65.5 Å². The first-order chi connectivity index (χ1) is 14.6. The molecule has 0 radical (unpaired) electrons. The van der Waals surface area contributed by atoms with Crippen molar-refractivity contribution in [3.05, 3.63) is 78.3 Å². The first kappa shape index (κ1) is 19.9. The molecule has 154 valence electrons. The number of hydrogen-bond acceptors (Lipinski definition) is 6. The number of likely N-dealkylation sites (N-methyl/N-ethyl adjacent to an activating group) is 1. The van der Waals surface area contributed by atoms with Crippen LogP contribution in [-0.2, 0) is 6.54 Å². The molecule has 0 unspecified atom stereocenters. The van der Waals surface area contributed by atoms with Crippen LogP contribution in [0.5, 0.6) is 0 Å². The Balaban J connectivity index is 1.55. The number of carbonyl (C=O) groups excluding carboxylic acids is 1. The summed E-state index contributed by atoms with van der Waals surface area (Å²) in [5, 5.41) is 0. The van der Waals surface area contributed by atoms with Crippen molar-refractivity contribution in [1.82, 2.24) is 19.9 Å². The molecule has 8 heteroatoms. The second kappa shape index (κ2) is 8.96. The highest BCUT2D eigenvalue weighted by molar-refractivity contribution is 6.04. The van der Waals surface area contributed by atoms with Crippen LogP contribution in [0.25, 0.3) is 0 Å². The lowest BCUT2D eigenvalue weighted by molar-refractivity contribution is 0.0980. The van der Waals surface area contributed by atoms with Crippen LogP contribution in [-0.4, -0.2) is 59.0 Å². The average molecular weight is 406 g/mol. The molecule has 7 nitrogen and oxygen atoms in total. The third-order valence-corrected chi connectivity index (χ3v) is 5.16. The summed E-state index contributed by atoms with van der Waals surface area (Å²) in [6.45, 7) is 4.20. The van der Waals surface area contributed by atoms with Crippen LogP contribution in [0.3, 0.4) is 0 Å². The molecule has 0 N–H and O–H groups in total. The number of anilines is 2. The standard InChI is InChI=1S/C22H23FN6O/c1-27-10-12-28(13-11-27)21-7-2-17(14-25-21)15-29(19-5-3-18(23)4-6-19)22(30)20-8-9-24-16-26-20/h2-9,14,16H,10-13,15H2,1H3. The Kier molecular flexibility index (Phi) is 5.94. The molecule has 4 rings (SSSR count). The minimum atomic E-state index is -0.355. The van der Waals surface area contributed by atoms with E-state index in [0.29, 0.717) is 12.2 Å². The Hall–Kier alpha value is -3.39. The van der Waals surface area contributed by atoms with E-state index in [4.69, 9.17) is 0 Å². The molecule has 1 aromatic carbocycles. The molecule has 30 heavy (non-hydrogen) atoms. The number of halogens is 1. The van der Waals surface area contributed by atoms with Gasteiger partial charge in [0, 0.05) is 44.3 Å². The summed E-state index contributed by atoms with van der Waals surface area (Å²) in [7, 11) is 2.12. The molecule has 2 aromatic heterocycles. The predicted molar refractivity (Wildman–Crippen MR) is 113 cm³/mol. The fraction of sp³-hybridized carbons (Fsp3) is 0.273. The van der Waals surface area contributed by atoms with E-state index in [1.165, 1.54) is 24.7 Å². The van der Waals surface area contributed by atoms with Crippen molar-refractivity contribution in [1.29, 1.82) is 0 Å². The number of pyridine rings is 1. The molecule has 0 spiro atoms. The van der Waals surface area contributed by atoms with Crippen molar-refractivity contribution in [3.8, 4) is 0 Å². The Morgan fingerprint density at radius 2 is 1.80 bits per heavy atom. The summed E-state index contributed by atoms with van der Waals surface area (Å²) in [6.07, 6.45) is 4.65. The number of piperazine rings is 1. The Morgan fingerprint density at radius 3 is 2.43 bits per heavy atom. The van der Waals surface area contributed by atoms with Crippen molar-refractivity contribution in [3.63, 3.8) is 0 Å². The fourth-order valence-electron chi connectivity index (χ4n) is 3.37. The molecular formula is C22H23FN6O. The number of hydrogen-bond donors (Lipinski definition) is 0. The summed E-state index contributed by atoms with van der Waals surface area (Å²) >= 11 is 0. The highest BCUT2D eigenvalue weighted by Crippen LogP contribution is 2.21. The maximum Gasteiger partial charge on any atom is 0.277 e. The molecule has 1 aliphatic rings. The molecule has 1 amide bonds. The van der Waals surface area contributed by atoms with E-state index in [-0.39, 0.29) is 17.4 Å². The molecule has 0 aliphatic carbocycles. The summed E-state index contributed by atoms with van der Waals surface area (Å²) in [6, 6.07) is 11.4. The SMILES string of the molecule is CN1CCN(c2ccc(CN(C(=O)c3ccncn3)c3ccc(F)cc3)cn2)CC1. The lowest BCUT2D eigenvalue weighted by Gasteiger charge is -2.33. The second-order valence-electron chi connectivity index (χ2n) is 7.28. The molecular weight excluding hydrogens is 383 g/mol. The molecule has 3 aromatic rings. The third-order valence-electron chi connectivity index (χ3n) is 5.16. The Labute approximate surface area is 174 Å². The van der Waals surface area contributed by atoms with Gasteiger partial charge >= 0.3 is 0 Å². The predicted octanol–water partition coefficient (Wildman–Crippen LogP) is 2.61. The van der Waals surface area contributed by atoms with Crippen LogP contribution in [0.2, 0.25) is 0 Å². The lowest BCUT2D eigenvalue weighted by atomic mass is 10.2. The summed E-state index contributed by atoms with van der Waals surface area (Å²) < 4.78 is 13.4. The van der Waals surface area contributed by atoms with Crippen LogP contribution in [0, 0.1) is 5.82 Å². The average Bonchev–Trinajstić information content (AvgIpc) is 2.79. The van der Waals surface area contributed by atoms with Crippen molar-refractivity contribution in [2.75, 3.05) is 43.0 Å². The van der Waals surface area contributed by atoms with Crippen LogP contribution < -0.4 is 9.80 Å². The van der Waals surface area contributed by atoms with Gasteiger partial charge in [-0.05, 0) is 49.0 Å².